The zero-order valence-electron chi connectivity index (χ0n) is 17.9. The number of hydrogen-bond acceptors (Lipinski definition) is 4. The molecular weight excluding hydrogens is 412 g/mol. The molecule has 0 radical (unpaired) electrons. The van der Waals surface area contributed by atoms with Crippen molar-refractivity contribution in [2.75, 3.05) is 18.4 Å². The topological polar surface area (TPSA) is 89.7 Å². The molecule has 3 aromatic heterocycles. The van der Waals surface area contributed by atoms with Gasteiger partial charge in [-0.2, -0.15) is 5.10 Å². The van der Waals surface area contributed by atoms with E-state index in [1.165, 1.54) is 5.57 Å². The van der Waals surface area contributed by atoms with Gasteiger partial charge in [-0.05, 0) is 54.5 Å². The number of nitrogens with zero attached hydrogens (tertiary/aromatic N) is 3. The molecule has 5 aromatic rings. The number of hydrogen-bond donors (Lipinski definition) is 3. The number of aromatic amines is 2. The van der Waals surface area contributed by atoms with Crippen LogP contribution in [0.1, 0.15) is 22.5 Å². The fourth-order valence-electron chi connectivity index (χ4n) is 4.35. The number of amides is 1. The van der Waals surface area contributed by atoms with Crippen molar-refractivity contribution in [3.8, 4) is 0 Å². The van der Waals surface area contributed by atoms with Crippen LogP contribution in [0.2, 0.25) is 0 Å². The van der Waals surface area contributed by atoms with Gasteiger partial charge in [0, 0.05) is 47.0 Å². The minimum atomic E-state index is 0.0743. The fourth-order valence-corrected chi connectivity index (χ4v) is 4.35. The highest BCUT2D eigenvalue weighted by Gasteiger charge is 2.20. The maximum Gasteiger partial charge on any atom is 0.254 e. The SMILES string of the molecule is O=C(c1ccccc1)N1CC=C(c2cc3c(Nc4ccc5[nH]ncc5c4)ccnc3[nH]2)CC1. The molecule has 0 atom stereocenters. The Kier molecular flexibility index (Phi) is 4.65. The van der Waals surface area contributed by atoms with E-state index in [1.807, 2.05) is 59.6 Å². The van der Waals surface area contributed by atoms with E-state index in [9.17, 15) is 4.79 Å². The highest BCUT2D eigenvalue weighted by atomic mass is 16.2. The van der Waals surface area contributed by atoms with Crippen molar-refractivity contribution in [3.05, 3.63) is 90.4 Å². The average Bonchev–Trinajstić information content (AvgIpc) is 3.52. The van der Waals surface area contributed by atoms with Gasteiger partial charge in [-0.25, -0.2) is 4.98 Å². The molecular formula is C26H22N6O. The lowest BCUT2D eigenvalue weighted by atomic mass is 10.0. The molecule has 0 saturated carbocycles. The second kappa shape index (κ2) is 7.94. The quantitative estimate of drug-likeness (QED) is 0.367. The third-order valence-electron chi connectivity index (χ3n) is 6.11. The van der Waals surface area contributed by atoms with Gasteiger partial charge < -0.3 is 15.2 Å². The molecule has 7 heteroatoms. The van der Waals surface area contributed by atoms with Crippen LogP contribution in [0.3, 0.4) is 0 Å². The molecule has 0 aliphatic carbocycles. The van der Waals surface area contributed by atoms with Crippen molar-refractivity contribution in [1.82, 2.24) is 25.1 Å². The van der Waals surface area contributed by atoms with E-state index < -0.39 is 0 Å². The van der Waals surface area contributed by atoms with E-state index in [1.54, 1.807) is 6.20 Å². The molecule has 0 spiro atoms. The number of benzene rings is 2. The first-order valence-corrected chi connectivity index (χ1v) is 11.0. The van der Waals surface area contributed by atoms with Gasteiger partial charge >= 0.3 is 0 Å². The summed E-state index contributed by atoms with van der Waals surface area (Å²) in [5.74, 6) is 0.0743. The Morgan fingerprint density at radius 2 is 1.97 bits per heavy atom. The summed E-state index contributed by atoms with van der Waals surface area (Å²) in [5.41, 5.74) is 6.80. The summed E-state index contributed by atoms with van der Waals surface area (Å²) in [6.45, 7) is 1.29. The average molecular weight is 435 g/mol. The minimum Gasteiger partial charge on any atom is -0.355 e. The molecule has 7 nitrogen and oxygen atoms in total. The molecule has 0 fully saturated rings. The molecule has 3 N–H and O–H groups in total. The number of pyridine rings is 1. The smallest absolute Gasteiger partial charge is 0.254 e. The number of anilines is 2. The van der Waals surface area contributed by atoms with Gasteiger partial charge in [0.05, 0.1) is 17.4 Å². The van der Waals surface area contributed by atoms with Crippen LogP contribution >= 0.6 is 0 Å². The van der Waals surface area contributed by atoms with Crippen LogP contribution in [-0.4, -0.2) is 44.1 Å². The molecule has 0 bridgehead atoms. The number of H-pyrrole nitrogens is 2. The van der Waals surface area contributed by atoms with Crippen LogP contribution in [-0.2, 0) is 0 Å². The van der Waals surface area contributed by atoms with Gasteiger partial charge in [0.25, 0.3) is 5.91 Å². The van der Waals surface area contributed by atoms with Crippen molar-refractivity contribution in [1.29, 1.82) is 0 Å². The molecule has 0 saturated heterocycles. The summed E-state index contributed by atoms with van der Waals surface area (Å²) in [4.78, 5) is 22.6. The number of carbonyl (C=O) groups excluding carboxylic acids is 1. The molecule has 33 heavy (non-hydrogen) atoms. The van der Waals surface area contributed by atoms with Crippen molar-refractivity contribution >= 4 is 44.8 Å². The van der Waals surface area contributed by atoms with Crippen LogP contribution in [0.25, 0.3) is 27.5 Å². The first kappa shape index (κ1) is 19.3. The predicted octanol–water partition coefficient (Wildman–Crippen LogP) is 5.11. The van der Waals surface area contributed by atoms with Gasteiger partial charge in [-0.15, -0.1) is 0 Å². The van der Waals surface area contributed by atoms with Gasteiger partial charge in [0.1, 0.15) is 5.65 Å². The van der Waals surface area contributed by atoms with Crippen LogP contribution in [0.15, 0.2) is 79.1 Å². The summed E-state index contributed by atoms with van der Waals surface area (Å²) in [6.07, 6.45) is 6.55. The lowest BCUT2D eigenvalue weighted by molar-refractivity contribution is 0.0773. The van der Waals surface area contributed by atoms with E-state index in [4.69, 9.17) is 0 Å². The maximum absolute atomic E-state index is 12.7. The Hall–Kier alpha value is -4.39. The summed E-state index contributed by atoms with van der Waals surface area (Å²) in [7, 11) is 0. The number of nitrogens with one attached hydrogen (secondary N) is 3. The van der Waals surface area contributed by atoms with Crippen molar-refractivity contribution < 1.29 is 4.79 Å². The van der Waals surface area contributed by atoms with Gasteiger partial charge in [0.2, 0.25) is 0 Å². The third-order valence-corrected chi connectivity index (χ3v) is 6.11. The van der Waals surface area contributed by atoms with Crippen LogP contribution in [0.5, 0.6) is 0 Å². The molecule has 2 aromatic carbocycles. The van der Waals surface area contributed by atoms with E-state index in [0.29, 0.717) is 13.1 Å². The second-order valence-corrected chi connectivity index (χ2v) is 8.20. The van der Waals surface area contributed by atoms with Crippen LogP contribution < -0.4 is 5.32 Å². The lowest BCUT2D eigenvalue weighted by Crippen LogP contribution is -2.34. The van der Waals surface area contributed by atoms with Gasteiger partial charge in [-0.3, -0.25) is 9.89 Å². The molecule has 4 heterocycles. The molecule has 162 valence electrons. The fraction of sp³-hybridized carbons (Fsp3) is 0.115. The summed E-state index contributed by atoms with van der Waals surface area (Å²) < 4.78 is 0. The summed E-state index contributed by atoms with van der Waals surface area (Å²) in [6, 6.07) is 19.7. The van der Waals surface area contributed by atoms with E-state index in [2.05, 4.69) is 43.7 Å². The number of fused-ring (bicyclic) bond motifs is 2. The Balaban J connectivity index is 1.24. The largest absolute Gasteiger partial charge is 0.355 e. The summed E-state index contributed by atoms with van der Waals surface area (Å²) in [5, 5.41) is 12.7. The molecule has 1 amide bonds. The number of aromatic nitrogens is 4. The highest BCUT2D eigenvalue weighted by Crippen LogP contribution is 2.31. The van der Waals surface area contributed by atoms with E-state index in [-0.39, 0.29) is 5.91 Å². The monoisotopic (exact) mass is 434 g/mol. The predicted molar refractivity (Wildman–Crippen MR) is 130 cm³/mol. The molecule has 1 aliphatic rings. The standard InChI is InChI=1S/C26H22N6O/c33-26(18-4-2-1-3-5-18)32-12-9-17(10-13-32)24-15-21-23(8-11-27-25(21)30-24)29-20-6-7-22-19(14-20)16-28-31-22/h1-9,11,14-16H,10,12-13H2,(H,28,31)(H2,27,29,30). The molecule has 1 aliphatic heterocycles. The Morgan fingerprint density at radius 3 is 2.82 bits per heavy atom. The maximum atomic E-state index is 12.7. The Bertz CT molecular complexity index is 1500. The molecule has 6 rings (SSSR count). The molecule has 0 unspecified atom stereocenters. The highest BCUT2D eigenvalue weighted by molar-refractivity contribution is 5.96. The Labute approximate surface area is 190 Å². The third kappa shape index (κ3) is 3.63. The zero-order valence-corrected chi connectivity index (χ0v) is 17.9. The number of carbonyl (C=O) groups is 1. The van der Waals surface area contributed by atoms with Crippen molar-refractivity contribution in [2.45, 2.75) is 6.42 Å². The van der Waals surface area contributed by atoms with Gasteiger partial charge in [0.15, 0.2) is 0 Å². The van der Waals surface area contributed by atoms with E-state index >= 15 is 0 Å². The van der Waals surface area contributed by atoms with Gasteiger partial charge in [-0.1, -0.05) is 24.3 Å². The first-order valence-electron chi connectivity index (χ1n) is 11.0. The van der Waals surface area contributed by atoms with E-state index in [0.717, 1.165) is 51.0 Å². The number of rotatable bonds is 4. The first-order chi connectivity index (χ1) is 16.2. The van der Waals surface area contributed by atoms with Crippen LogP contribution in [0.4, 0.5) is 11.4 Å². The normalized spacial score (nSPS) is 13.9. The minimum absolute atomic E-state index is 0.0743. The van der Waals surface area contributed by atoms with Crippen molar-refractivity contribution in [3.63, 3.8) is 0 Å². The lowest BCUT2D eigenvalue weighted by Gasteiger charge is -2.26. The van der Waals surface area contributed by atoms with Crippen LogP contribution in [0, 0.1) is 0 Å². The zero-order chi connectivity index (χ0) is 22.2. The van der Waals surface area contributed by atoms with Crippen molar-refractivity contribution in [2.24, 2.45) is 0 Å². The second-order valence-electron chi connectivity index (χ2n) is 8.20. The summed E-state index contributed by atoms with van der Waals surface area (Å²) >= 11 is 0. The Morgan fingerprint density at radius 1 is 1.06 bits per heavy atom.